The zero-order valence-electron chi connectivity index (χ0n) is 9.94. The van der Waals surface area contributed by atoms with Crippen LogP contribution in [-0.4, -0.2) is 35.6 Å². The van der Waals surface area contributed by atoms with Crippen LogP contribution >= 0.6 is 11.3 Å². The summed E-state index contributed by atoms with van der Waals surface area (Å²) in [6, 6.07) is 0.667. The Morgan fingerprint density at radius 2 is 2.50 bits per heavy atom. The molecule has 0 aromatic carbocycles. The Morgan fingerprint density at radius 1 is 1.69 bits per heavy atom. The van der Waals surface area contributed by atoms with Crippen molar-refractivity contribution < 1.29 is 0 Å². The smallest absolute Gasteiger partial charge is 0.184 e. The van der Waals surface area contributed by atoms with E-state index in [4.69, 9.17) is 5.73 Å². The van der Waals surface area contributed by atoms with Gasteiger partial charge in [0.1, 0.15) is 5.00 Å². The van der Waals surface area contributed by atoms with Crippen LogP contribution in [-0.2, 0) is 0 Å². The van der Waals surface area contributed by atoms with Crippen molar-refractivity contribution in [1.82, 2.24) is 9.88 Å². The van der Waals surface area contributed by atoms with Gasteiger partial charge in [0.15, 0.2) is 5.13 Å². The van der Waals surface area contributed by atoms with Crippen LogP contribution < -0.4 is 11.1 Å². The molecule has 0 spiro atoms. The molecule has 4 nitrogen and oxygen atoms in total. The third-order valence-electron chi connectivity index (χ3n) is 3.11. The van der Waals surface area contributed by atoms with Crippen LogP contribution in [0.1, 0.15) is 20.3 Å². The van der Waals surface area contributed by atoms with Crippen molar-refractivity contribution in [2.24, 2.45) is 5.92 Å². The molecule has 2 heterocycles. The molecule has 5 heteroatoms. The predicted molar refractivity (Wildman–Crippen MR) is 69.8 cm³/mol. The molecule has 2 rings (SSSR count). The van der Waals surface area contributed by atoms with E-state index in [9.17, 15) is 0 Å². The highest BCUT2D eigenvalue weighted by molar-refractivity contribution is 7.19. The van der Waals surface area contributed by atoms with E-state index in [1.807, 2.05) is 0 Å². The molecular formula is C11H20N4S. The third-order valence-corrected chi connectivity index (χ3v) is 3.90. The summed E-state index contributed by atoms with van der Waals surface area (Å²) >= 11 is 1.52. The number of nitrogen functional groups attached to an aromatic ring is 1. The number of hydrogen-bond donors (Lipinski definition) is 2. The number of thiazole rings is 1. The van der Waals surface area contributed by atoms with Gasteiger partial charge in [0.05, 0.1) is 6.20 Å². The fourth-order valence-electron chi connectivity index (χ4n) is 2.10. The maximum atomic E-state index is 5.63. The summed E-state index contributed by atoms with van der Waals surface area (Å²) in [4.78, 5) is 6.73. The molecule has 1 unspecified atom stereocenters. The number of hydrogen-bond acceptors (Lipinski definition) is 5. The first-order chi connectivity index (χ1) is 7.65. The highest BCUT2D eigenvalue weighted by Crippen LogP contribution is 2.22. The summed E-state index contributed by atoms with van der Waals surface area (Å²) in [5.41, 5.74) is 5.63. The molecule has 0 bridgehead atoms. The van der Waals surface area contributed by atoms with Crippen molar-refractivity contribution in [1.29, 1.82) is 0 Å². The van der Waals surface area contributed by atoms with Crippen LogP contribution in [0, 0.1) is 5.92 Å². The SMILES string of the molecule is CC(C)N1CCC(CNc2ncc(N)s2)C1. The summed E-state index contributed by atoms with van der Waals surface area (Å²) in [6.07, 6.45) is 2.99. The molecule has 1 saturated heterocycles. The standard InChI is InChI=1S/C11H20N4S/c1-8(2)15-4-3-9(7-15)5-13-11-14-6-10(12)16-11/h6,8-9H,3-5,7,12H2,1-2H3,(H,13,14). The first-order valence-electron chi connectivity index (χ1n) is 5.84. The fourth-order valence-corrected chi connectivity index (χ4v) is 2.69. The van der Waals surface area contributed by atoms with Crippen molar-refractivity contribution in [2.75, 3.05) is 30.7 Å². The van der Waals surface area contributed by atoms with E-state index >= 15 is 0 Å². The molecule has 3 N–H and O–H groups in total. The van der Waals surface area contributed by atoms with Gasteiger partial charge in [0.2, 0.25) is 0 Å². The van der Waals surface area contributed by atoms with Crippen molar-refractivity contribution in [3.8, 4) is 0 Å². The predicted octanol–water partition coefficient (Wildman–Crippen LogP) is 1.87. The Kier molecular flexibility index (Phi) is 3.66. The second-order valence-electron chi connectivity index (χ2n) is 4.69. The van der Waals surface area contributed by atoms with E-state index in [2.05, 4.69) is 29.0 Å². The monoisotopic (exact) mass is 240 g/mol. The van der Waals surface area contributed by atoms with E-state index in [0.717, 1.165) is 22.6 Å². The Morgan fingerprint density at radius 3 is 3.06 bits per heavy atom. The zero-order chi connectivity index (χ0) is 11.5. The number of nitrogens with zero attached hydrogens (tertiary/aromatic N) is 2. The van der Waals surface area contributed by atoms with Crippen LogP contribution in [0.4, 0.5) is 10.1 Å². The quantitative estimate of drug-likeness (QED) is 0.843. The minimum absolute atomic E-state index is 0.667. The number of anilines is 2. The molecular weight excluding hydrogens is 220 g/mol. The lowest BCUT2D eigenvalue weighted by molar-refractivity contribution is 0.266. The summed E-state index contributed by atoms with van der Waals surface area (Å²) in [7, 11) is 0. The lowest BCUT2D eigenvalue weighted by atomic mass is 10.1. The Balaban J connectivity index is 1.75. The zero-order valence-corrected chi connectivity index (χ0v) is 10.8. The molecule has 16 heavy (non-hydrogen) atoms. The van der Waals surface area contributed by atoms with Gasteiger partial charge in [0.25, 0.3) is 0 Å². The second kappa shape index (κ2) is 5.01. The number of nitrogens with one attached hydrogen (secondary N) is 1. The molecule has 0 radical (unpaired) electrons. The summed E-state index contributed by atoms with van der Waals surface area (Å²) in [5.74, 6) is 0.743. The number of rotatable bonds is 4. The average Bonchev–Trinajstić information content (AvgIpc) is 2.83. The van der Waals surface area contributed by atoms with Crippen LogP contribution in [0.3, 0.4) is 0 Å². The molecule has 0 amide bonds. The van der Waals surface area contributed by atoms with Gasteiger partial charge in [-0.05, 0) is 32.7 Å². The van der Waals surface area contributed by atoms with E-state index < -0.39 is 0 Å². The average molecular weight is 240 g/mol. The first kappa shape index (κ1) is 11.7. The van der Waals surface area contributed by atoms with Gasteiger partial charge < -0.3 is 16.0 Å². The van der Waals surface area contributed by atoms with Gasteiger partial charge in [-0.3, -0.25) is 0 Å². The van der Waals surface area contributed by atoms with Crippen molar-refractivity contribution >= 4 is 21.5 Å². The molecule has 1 aliphatic heterocycles. The largest absolute Gasteiger partial charge is 0.389 e. The lowest BCUT2D eigenvalue weighted by Gasteiger charge is -2.20. The summed E-state index contributed by atoms with van der Waals surface area (Å²) in [5, 5.41) is 5.09. The van der Waals surface area contributed by atoms with E-state index in [1.54, 1.807) is 6.20 Å². The molecule has 0 aliphatic carbocycles. The van der Waals surface area contributed by atoms with Crippen molar-refractivity contribution in [3.63, 3.8) is 0 Å². The summed E-state index contributed by atoms with van der Waals surface area (Å²) < 4.78 is 0. The number of aromatic nitrogens is 1. The van der Waals surface area contributed by atoms with Gasteiger partial charge in [0, 0.05) is 19.1 Å². The van der Waals surface area contributed by atoms with Crippen LogP contribution in [0.2, 0.25) is 0 Å². The molecule has 1 aromatic rings. The highest BCUT2D eigenvalue weighted by Gasteiger charge is 2.23. The van der Waals surface area contributed by atoms with Crippen LogP contribution in [0.5, 0.6) is 0 Å². The van der Waals surface area contributed by atoms with E-state index in [0.29, 0.717) is 6.04 Å². The first-order valence-corrected chi connectivity index (χ1v) is 6.66. The van der Waals surface area contributed by atoms with Gasteiger partial charge in [-0.2, -0.15) is 0 Å². The van der Waals surface area contributed by atoms with Gasteiger partial charge >= 0.3 is 0 Å². The summed E-state index contributed by atoms with van der Waals surface area (Å²) in [6.45, 7) is 7.96. The highest BCUT2D eigenvalue weighted by atomic mass is 32.1. The maximum absolute atomic E-state index is 5.63. The van der Waals surface area contributed by atoms with E-state index in [-0.39, 0.29) is 0 Å². The normalized spacial score (nSPS) is 21.8. The van der Waals surface area contributed by atoms with E-state index in [1.165, 1.54) is 30.8 Å². The molecule has 90 valence electrons. The number of nitrogens with two attached hydrogens (primary N) is 1. The fraction of sp³-hybridized carbons (Fsp3) is 0.727. The minimum Gasteiger partial charge on any atom is -0.389 e. The van der Waals surface area contributed by atoms with Crippen LogP contribution in [0.15, 0.2) is 6.20 Å². The number of likely N-dealkylation sites (tertiary alicyclic amines) is 1. The third kappa shape index (κ3) is 2.86. The van der Waals surface area contributed by atoms with Crippen molar-refractivity contribution in [3.05, 3.63) is 6.20 Å². The Labute approximate surface area is 101 Å². The molecule has 1 aliphatic rings. The molecule has 0 saturated carbocycles. The maximum Gasteiger partial charge on any atom is 0.184 e. The molecule has 1 fully saturated rings. The Hall–Kier alpha value is -0.810. The van der Waals surface area contributed by atoms with Gasteiger partial charge in [-0.1, -0.05) is 11.3 Å². The topological polar surface area (TPSA) is 54.2 Å². The Bertz CT molecular complexity index is 336. The van der Waals surface area contributed by atoms with Crippen LogP contribution in [0.25, 0.3) is 0 Å². The lowest BCUT2D eigenvalue weighted by Crippen LogP contribution is -2.29. The van der Waals surface area contributed by atoms with Gasteiger partial charge in [-0.25, -0.2) is 4.98 Å². The molecule has 1 atom stereocenters. The minimum atomic E-state index is 0.667. The second-order valence-corrected chi connectivity index (χ2v) is 5.75. The van der Waals surface area contributed by atoms with Crippen molar-refractivity contribution in [2.45, 2.75) is 26.3 Å². The molecule has 1 aromatic heterocycles. The van der Waals surface area contributed by atoms with Gasteiger partial charge in [-0.15, -0.1) is 0 Å².